The molecular formula is C51H34N2S. The van der Waals surface area contributed by atoms with Crippen molar-refractivity contribution in [2.75, 3.05) is 4.90 Å². The quantitative estimate of drug-likeness (QED) is 0.177. The van der Waals surface area contributed by atoms with Crippen LogP contribution in [0.4, 0.5) is 17.1 Å². The second-order valence-corrected chi connectivity index (χ2v) is 16.3. The van der Waals surface area contributed by atoms with Gasteiger partial charge in [-0.3, -0.25) is 0 Å². The molecule has 0 saturated carbocycles. The van der Waals surface area contributed by atoms with E-state index in [9.17, 15) is 0 Å². The summed E-state index contributed by atoms with van der Waals surface area (Å²) < 4.78 is 5.15. The van der Waals surface area contributed by atoms with E-state index in [1.54, 1.807) is 0 Å². The molecule has 1 aliphatic carbocycles. The summed E-state index contributed by atoms with van der Waals surface area (Å²) in [6.45, 7) is 4.71. The molecule has 0 amide bonds. The molecular weight excluding hydrogens is 673 g/mol. The van der Waals surface area contributed by atoms with Crippen LogP contribution in [0.25, 0.3) is 80.5 Å². The molecule has 1 aliphatic rings. The van der Waals surface area contributed by atoms with Crippen LogP contribution in [-0.4, -0.2) is 4.40 Å². The highest BCUT2D eigenvalue weighted by atomic mass is 32.1. The molecule has 0 radical (unpaired) electrons. The van der Waals surface area contributed by atoms with Crippen LogP contribution in [0.15, 0.2) is 170 Å². The Morgan fingerprint density at radius 3 is 1.98 bits per heavy atom. The van der Waals surface area contributed by atoms with Gasteiger partial charge < -0.3 is 9.30 Å². The molecule has 3 heterocycles. The molecule has 3 heteroatoms. The fraction of sp³-hybridized carbons (Fsp3) is 0.0588. The van der Waals surface area contributed by atoms with Crippen molar-refractivity contribution in [2.45, 2.75) is 19.3 Å². The highest BCUT2D eigenvalue weighted by molar-refractivity contribution is 7.26. The minimum Gasteiger partial charge on any atom is -0.310 e. The third-order valence-corrected chi connectivity index (χ3v) is 13.4. The Hall–Kier alpha value is -6.42. The van der Waals surface area contributed by atoms with Crippen molar-refractivity contribution in [1.82, 2.24) is 4.40 Å². The van der Waals surface area contributed by atoms with E-state index in [-0.39, 0.29) is 5.41 Å². The van der Waals surface area contributed by atoms with Crippen LogP contribution in [0.1, 0.15) is 25.0 Å². The maximum atomic E-state index is 2.50. The van der Waals surface area contributed by atoms with E-state index in [1.165, 1.54) is 97.3 Å². The number of nitrogens with zero attached hydrogens (tertiary/aromatic N) is 2. The lowest BCUT2D eigenvalue weighted by atomic mass is 9.82. The van der Waals surface area contributed by atoms with Crippen LogP contribution >= 0.6 is 11.3 Å². The summed E-state index contributed by atoms with van der Waals surface area (Å²) >= 11 is 1.89. The zero-order chi connectivity index (χ0) is 35.7. The van der Waals surface area contributed by atoms with Gasteiger partial charge in [-0.15, -0.1) is 11.3 Å². The molecule has 3 aromatic heterocycles. The van der Waals surface area contributed by atoms with Crippen molar-refractivity contribution >= 4 is 86.7 Å². The molecule has 0 spiro atoms. The minimum absolute atomic E-state index is 0.0581. The molecule has 254 valence electrons. The predicted molar refractivity (Wildman–Crippen MR) is 232 cm³/mol. The lowest BCUT2D eigenvalue weighted by molar-refractivity contribution is 0.660. The number of aromatic nitrogens is 1. The molecule has 0 N–H and O–H groups in total. The second kappa shape index (κ2) is 10.8. The van der Waals surface area contributed by atoms with Crippen LogP contribution in [0.3, 0.4) is 0 Å². The highest BCUT2D eigenvalue weighted by Crippen LogP contribution is 2.52. The summed E-state index contributed by atoms with van der Waals surface area (Å²) in [6.07, 6.45) is 0. The van der Waals surface area contributed by atoms with Crippen LogP contribution in [0.5, 0.6) is 0 Å². The van der Waals surface area contributed by atoms with E-state index in [4.69, 9.17) is 0 Å². The lowest BCUT2D eigenvalue weighted by Gasteiger charge is -2.28. The summed E-state index contributed by atoms with van der Waals surface area (Å²) in [5.74, 6) is 0. The molecule has 11 aromatic rings. The average molecular weight is 707 g/mol. The molecule has 0 unspecified atom stereocenters. The summed E-state index contributed by atoms with van der Waals surface area (Å²) in [5.41, 5.74) is 15.1. The number of hydrogen-bond donors (Lipinski definition) is 0. The Bertz CT molecular complexity index is 3310. The number of para-hydroxylation sites is 2. The van der Waals surface area contributed by atoms with Crippen molar-refractivity contribution in [3.63, 3.8) is 0 Å². The summed E-state index contributed by atoms with van der Waals surface area (Å²) in [7, 11) is 0. The molecule has 0 aliphatic heterocycles. The number of fused-ring (bicyclic) bond motifs is 12. The molecule has 0 bridgehead atoms. The SMILES string of the molecule is CC1(C)c2ccccc2-c2cc(N(c3ccc(-c4cccc5c4sc4ccccc45)cc3)c3ccc4c5ccccc5n5c6ccccc6c3c45)ccc21. The molecule has 2 nitrogen and oxygen atoms in total. The van der Waals surface area contributed by atoms with Crippen LogP contribution in [-0.2, 0) is 5.41 Å². The number of hydrogen-bond acceptors (Lipinski definition) is 2. The van der Waals surface area contributed by atoms with Crippen LogP contribution < -0.4 is 4.90 Å². The highest BCUT2D eigenvalue weighted by Gasteiger charge is 2.36. The third-order valence-electron chi connectivity index (χ3n) is 12.1. The Kier molecular flexibility index (Phi) is 6.03. The smallest absolute Gasteiger partial charge is 0.0641 e. The molecule has 8 aromatic carbocycles. The summed E-state index contributed by atoms with van der Waals surface area (Å²) in [4.78, 5) is 2.50. The van der Waals surface area contributed by atoms with Crippen LogP contribution in [0, 0.1) is 0 Å². The van der Waals surface area contributed by atoms with Crippen molar-refractivity contribution in [3.05, 3.63) is 181 Å². The maximum Gasteiger partial charge on any atom is 0.0641 e. The zero-order valence-electron chi connectivity index (χ0n) is 30.0. The van der Waals surface area contributed by atoms with Crippen molar-refractivity contribution in [2.24, 2.45) is 0 Å². The molecule has 0 saturated heterocycles. The van der Waals surface area contributed by atoms with Gasteiger partial charge in [-0.1, -0.05) is 135 Å². The van der Waals surface area contributed by atoms with Gasteiger partial charge in [-0.05, 0) is 81.9 Å². The minimum atomic E-state index is -0.0581. The first-order valence-corrected chi connectivity index (χ1v) is 19.6. The van der Waals surface area contributed by atoms with Gasteiger partial charge in [-0.25, -0.2) is 0 Å². The predicted octanol–water partition coefficient (Wildman–Crippen LogP) is 14.6. The first kappa shape index (κ1) is 30.1. The Balaban J connectivity index is 1.11. The van der Waals surface area contributed by atoms with E-state index in [1.807, 2.05) is 11.3 Å². The second-order valence-electron chi connectivity index (χ2n) is 15.3. The molecule has 12 rings (SSSR count). The third kappa shape index (κ3) is 3.94. The molecule has 54 heavy (non-hydrogen) atoms. The van der Waals surface area contributed by atoms with Crippen LogP contribution in [0.2, 0.25) is 0 Å². The average Bonchev–Trinajstić information content (AvgIpc) is 3.94. The topological polar surface area (TPSA) is 7.65 Å². The van der Waals surface area contributed by atoms with E-state index in [0.29, 0.717) is 0 Å². The first-order valence-electron chi connectivity index (χ1n) is 18.8. The summed E-state index contributed by atoms with van der Waals surface area (Å²) in [6, 6.07) is 63.3. The number of anilines is 3. The number of benzene rings is 8. The lowest BCUT2D eigenvalue weighted by Crippen LogP contribution is -2.15. The van der Waals surface area contributed by atoms with Gasteiger partial charge >= 0.3 is 0 Å². The normalized spacial score (nSPS) is 13.5. The Morgan fingerprint density at radius 1 is 0.481 bits per heavy atom. The fourth-order valence-electron chi connectivity index (χ4n) is 9.67. The fourth-order valence-corrected chi connectivity index (χ4v) is 10.9. The Morgan fingerprint density at radius 2 is 1.13 bits per heavy atom. The zero-order valence-corrected chi connectivity index (χ0v) is 30.8. The van der Waals surface area contributed by atoms with Crippen molar-refractivity contribution < 1.29 is 0 Å². The molecule has 0 atom stereocenters. The maximum absolute atomic E-state index is 2.50. The van der Waals surface area contributed by atoms with Gasteiger partial charge in [0, 0.05) is 58.5 Å². The number of thiophene rings is 1. The monoisotopic (exact) mass is 706 g/mol. The largest absolute Gasteiger partial charge is 0.310 e. The first-order chi connectivity index (χ1) is 26.6. The van der Waals surface area contributed by atoms with Gasteiger partial charge in [0.25, 0.3) is 0 Å². The van der Waals surface area contributed by atoms with Gasteiger partial charge in [0.2, 0.25) is 0 Å². The van der Waals surface area contributed by atoms with Crippen molar-refractivity contribution in [1.29, 1.82) is 0 Å². The van der Waals surface area contributed by atoms with E-state index < -0.39 is 0 Å². The van der Waals surface area contributed by atoms with E-state index in [2.05, 4.69) is 193 Å². The molecule has 0 fully saturated rings. The standard InChI is InChI=1S/C51H34N2S/c1-51(2)42-18-7-3-12-35(42)41-30-33(26-28-43(41)51)52(32-24-22-31(23-25-32)34-16-11-17-39-37-14-6-10-21-47(37)54-50(34)39)46-29-27-38-36-13-4-8-19-44(36)53-45-20-9-5-15-40(45)48(46)49(38)53/h3-30H,1-2H3. The number of rotatable bonds is 4. The van der Waals surface area contributed by atoms with Crippen molar-refractivity contribution in [3.8, 4) is 22.3 Å². The van der Waals surface area contributed by atoms with E-state index >= 15 is 0 Å². The van der Waals surface area contributed by atoms with Gasteiger partial charge in [0.1, 0.15) is 0 Å². The van der Waals surface area contributed by atoms with E-state index in [0.717, 1.165) is 11.4 Å². The van der Waals surface area contributed by atoms with Gasteiger partial charge in [0.05, 0.1) is 22.2 Å². The van der Waals surface area contributed by atoms with Gasteiger partial charge in [-0.2, -0.15) is 0 Å². The van der Waals surface area contributed by atoms with Gasteiger partial charge in [0.15, 0.2) is 0 Å². The summed E-state index contributed by atoms with van der Waals surface area (Å²) in [5, 5.41) is 7.78. The Labute approximate surface area is 317 Å².